The molecule has 0 aliphatic heterocycles. The number of nitrogens with zero attached hydrogens (tertiary/aromatic N) is 2. The second-order valence-corrected chi connectivity index (χ2v) is 9.09. The van der Waals surface area contributed by atoms with Crippen LogP contribution in [0.5, 0.6) is 11.5 Å². The van der Waals surface area contributed by atoms with Crippen molar-refractivity contribution in [1.29, 1.82) is 0 Å². The molecule has 0 saturated heterocycles. The van der Waals surface area contributed by atoms with Crippen molar-refractivity contribution in [1.82, 2.24) is 14.9 Å². The highest BCUT2D eigenvalue weighted by molar-refractivity contribution is 5.78. The molecule has 0 fully saturated rings. The van der Waals surface area contributed by atoms with Gasteiger partial charge in [0.25, 0.3) is 0 Å². The zero-order valence-electron chi connectivity index (χ0n) is 21.4. The van der Waals surface area contributed by atoms with Gasteiger partial charge in [0.15, 0.2) is 0 Å². The number of hydrogen-bond acceptors (Lipinski definition) is 4. The topological polar surface area (TPSA) is 65.4 Å². The largest absolute Gasteiger partial charge is 0.497 e. The number of aryl methyl sites for hydroxylation is 4. The molecule has 1 N–H and O–H groups in total. The molecule has 0 unspecified atom stereocenters. The number of ether oxygens (including phenoxy) is 2. The van der Waals surface area contributed by atoms with Gasteiger partial charge < -0.3 is 19.4 Å². The van der Waals surface area contributed by atoms with Gasteiger partial charge in [-0.15, -0.1) is 0 Å². The Morgan fingerprint density at radius 1 is 0.944 bits per heavy atom. The van der Waals surface area contributed by atoms with Crippen LogP contribution in [0, 0.1) is 13.8 Å². The van der Waals surface area contributed by atoms with Crippen molar-refractivity contribution in [3.63, 3.8) is 0 Å². The van der Waals surface area contributed by atoms with E-state index >= 15 is 0 Å². The van der Waals surface area contributed by atoms with E-state index in [4.69, 9.17) is 14.5 Å². The normalized spacial score (nSPS) is 11.0. The summed E-state index contributed by atoms with van der Waals surface area (Å²) < 4.78 is 13.5. The van der Waals surface area contributed by atoms with Gasteiger partial charge in [-0.05, 0) is 79.8 Å². The van der Waals surface area contributed by atoms with E-state index in [-0.39, 0.29) is 5.91 Å². The molecule has 4 rings (SSSR count). The van der Waals surface area contributed by atoms with Gasteiger partial charge in [0.05, 0.1) is 31.2 Å². The van der Waals surface area contributed by atoms with Crippen molar-refractivity contribution in [2.45, 2.75) is 46.1 Å². The Balaban J connectivity index is 1.28. The number of aromatic nitrogens is 2. The Kier molecular flexibility index (Phi) is 8.61. The lowest BCUT2D eigenvalue weighted by Gasteiger charge is -2.12. The molecule has 1 amide bonds. The third kappa shape index (κ3) is 6.66. The fraction of sp³-hybridized carbons (Fsp3) is 0.333. The summed E-state index contributed by atoms with van der Waals surface area (Å²) in [6.45, 7) is 6.32. The van der Waals surface area contributed by atoms with Gasteiger partial charge in [-0.2, -0.15) is 0 Å². The van der Waals surface area contributed by atoms with Gasteiger partial charge >= 0.3 is 0 Å². The quantitative estimate of drug-likeness (QED) is 0.272. The minimum Gasteiger partial charge on any atom is -0.497 e. The third-order valence-electron chi connectivity index (χ3n) is 6.43. The molecular formula is C30H35N3O3. The van der Waals surface area contributed by atoms with Crippen molar-refractivity contribution >= 4 is 16.9 Å². The van der Waals surface area contributed by atoms with E-state index in [1.54, 1.807) is 7.11 Å². The third-order valence-corrected chi connectivity index (χ3v) is 6.43. The van der Waals surface area contributed by atoms with Crippen LogP contribution in [0.25, 0.3) is 11.0 Å². The van der Waals surface area contributed by atoms with Crippen LogP contribution in [-0.4, -0.2) is 35.7 Å². The molecule has 0 saturated carbocycles. The van der Waals surface area contributed by atoms with Gasteiger partial charge in [0.2, 0.25) is 5.91 Å². The van der Waals surface area contributed by atoms with Crippen molar-refractivity contribution in [2.24, 2.45) is 0 Å². The molecule has 0 spiro atoms. The van der Waals surface area contributed by atoms with Crippen molar-refractivity contribution in [3.05, 3.63) is 89.2 Å². The van der Waals surface area contributed by atoms with Crippen molar-refractivity contribution in [3.8, 4) is 11.5 Å². The molecule has 6 heteroatoms. The first kappa shape index (κ1) is 25.3. The van der Waals surface area contributed by atoms with Gasteiger partial charge in [-0.25, -0.2) is 4.98 Å². The van der Waals surface area contributed by atoms with Crippen LogP contribution in [0.2, 0.25) is 0 Å². The van der Waals surface area contributed by atoms with Crippen LogP contribution < -0.4 is 14.8 Å². The van der Waals surface area contributed by atoms with Crippen LogP contribution >= 0.6 is 0 Å². The highest BCUT2D eigenvalue weighted by Crippen LogP contribution is 2.19. The van der Waals surface area contributed by atoms with Gasteiger partial charge in [0.1, 0.15) is 17.3 Å². The molecule has 3 aromatic carbocycles. The Morgan fingerprint density at radius 2 is 1.72 bits per heavy atom. The Bertz CT molecular complexity index is 1290. The molecule has 0 radical (unpaired) electrons. The van der Waals surface area contributed by atoms with E-state index in [9.17, 15) is 4.79 Å². The summed E-state index contributed by atoms with van der Waals surface area (Å²) in [6.07, 6.45) is 2.88. The number of carbonyl (C=O) groups is 1. The smallest absolute Gasteiger partial charge is 0.224 e. The number of para-hydroxylation sites is 2. The van der Waals surface area contributed by atoms with E-state index in [2.05, 4.69) is 54.1 Å². The summed E-state index contributed by atoms with van der Waals surface area (Å²) in [7, 11) is 1.63. The maximum atomic E-state index is 12.3. The molecule has 1 aromatic heterocycles. The lowest BCUT2D eigenvalue weighted by Crippen LogP contribution is -2.26. The highest BCUT2D eigenvalue weighted by atomic mass is 16.5. The van der Waals surface area contributed by atoms with Crippen molar-refractivity contribution in [2.75, 3.05) is 20.3 Å². The summed E-state index contributed by atoms with van der Waals surface area (Å²) >= 11 is 0. The van der Waals surface area contributed by atoms with Crippen LogP contribution in [-0.2, 0) is 24.2 Å². The van der Waals surface area contributed by atoms with Crippen LogP contribution in [0.4, 0.5) is 0 Å². The van der Waals surface area contributed by atoms with Crippen molar-refractivity contribution < 1.29 is 14.3 Å². The first-order valence-corrected chi connectivity index (χ1v) is 12.6. The number of fused-ring (bicyclic) bond motifs is 1. The lowest BCUT2D eigenvalue weighted by molar-refractivity contribution is -0.120. The standard InChI is InChI=1S/C30H35N3O3/c1-22-11-14-26(20-23(22)2)36-19-7-18-33-28-9-5-4-8-27(28)32-29(33)10-6-17-31-30(34)21-24-12-15-25(35-3)16-13-24/h4-5,8-9,11-16,20H,6-7,10,17-19,21H2,1-3H3,(H,31,34). The molecular weight excluding hydrogens is 450 g/mol. The zero-order valence-corrected chi connectivity index (χ0v) is 21.4. The summed E-state index contributed by atoms with van der Waals surface area (Å²) in [5, 5.41) is 3.03. The number of methoxy groups -OCH3 is 1. The van der Waals surface area contributed by atoms with E-state index < -0.39 is 0 Å². The Morgan fingerprint density at radius 3 is 2.50 bits per heavy atom. The average molecular weight is 486 g/mol. The minimum absolute atomic E-state index is 0.0251. The lowest BCUT2D eigenvalue weighted by atomic mass is 10.1. The molecule has 0 bridgehead atoms. The van der Waals surface area contributed by atoms with Gasteiger partial charge in [0, 0.05) is 19.5 Å². The molecule has 1 heterocycles. The summed E-state index contributed by atoms with van der Waals surface area (Å²) in [6, 6.07) is 22.1. The summed E-state index contributed by atoms with van der Waals surface area (Å²) in [4.78, 5) is 17.2. The molecule has 6 nitrogen and oxygen atoms in total. The van der Waals surface area contributed by atoms with Crippen LogP contribution in [0.1, 0.15) is 35.4 Å². The number of imidazole rings is 1. The second-order valence-electron chi connectivity index (χ2n) is 9.09. The number of rotatable bonds is 12. The number of nitrogens with one attached hydrogen (secondary N) is 1. The Hall–Kier alpha value is -3.80. The second kappa shape index (κ2) is 12.2. The van der Waals surface area contributed by atoms with E-state index in [0.717, 1.165) is 59.7 Å². The maximum absolute atomic E-state index is 12.3. The number of hydrogen-bond donors (Lipinski definition) is 1. The summed E-state index contributed by atoms with van der Waals surface area (Å²) in [5.41, 5.74) is 5.63. The van der Waals surface area contributed by atoms with E-state index in [1.165, 1.54) is 11.1 Å². The fourth-order valence-corrected chi connectivity index (χ4v) is 4.25. The van der Waals surface area contributed by atoms with Crippen LogP contribution in [0.3, 0.4) is 0 Å². The number of carbonyl (C=O) groups excluding carboxylic acids is 1. The van der Waals surface area contributed by atoms with E-state index in [1.807, 2.05) is 36.4 Å². The average Bonchev–Trinajstić information content (AvgIpc) is 3.24. The van der Waals surface area contributed by atoms with Gasteiger partial charge in [-0.3, -0.25) is 4.79 Å². The molecule has 0 atom stereocenters. The van der Waals surface area contributed by atoms with Gasteiger partial charge in [-0.1, -0.05) is 30.3 Å². The molecule has 0 aliphatic rings. The highest BCUT2D eigenvalue weighted by Gasteiger charge is 2.11. The molecule has 188 valence electrons. The molecule has 0 aliphatic carbocycles. The predicted molar refractivity (Wildman–Crippen MR) is 144 cm³/mol. The zero-order chi connectivity index (χ0) is 25.3. The SMILES string of the molecule is COc1ccc(CC(=O)NCCCc2nc3ccccc3n2CCCOc2ccc(C)c(C)c2)cc1. The fourth-order valence-electron chi connectivity index (χ4n) is 4.25. The van der Waals surface area contributed by atoms with Crippen LogP contribution in [0.15, 0.2) is 66.7 Å². The first-order chi connectivity index (χ1) is 17.5. The minimum atomic E-state index is 0.0251. The monoisotopic (exact) mass is 485 g/mol. The summed E-state index contributed by atoms with van der Waals surface area (Å²) in [5.74, 6) is 2.78. The van der Waals surface area contributed by atoms with E-state index in [0.29, 0.717) is 19.6 Å². The first-order valence-electron chi connectivity index (χ1n) is 12.6. The Labute approximate surface area is 213 Å². The molecule has 4 aromatic rings. The number of benzene rings is 3. The maximum Gasteiger partial charge on any atom is 0.224 e. The number of amides is 1. The predicted octanol–water partition coefficient (Wildman–Crippen LogP) is 5.42. The molecule has 36 heavy (non-hydrogen) atoms.